The number of aryl methyl sites for hydroxylation is 2. The van der Waals surface area contributed by atoms with Crippen molar-refractivity contribution in [1.82, 2.24) is 30.7 Å². The Morgan fingerprint density at radius 1 is 1.27 bits per heavy atom. The average Bonchev–Trinajstić information content (AvgIpc) is 3.18. The molecular weight excluding hydrogens is 529 g/mol. The van der Waals surface area contributed by atoms with Crippen LogP contribution in [0.4, 0.5) is 0 Å². The van der Waals surface area contributed by atoms with E-state index in [9.17, 15) is 0 Å². The number of fused-ring (bicyclic) bond motifs is 1. The predicted octanol–water partition coefficient (Wildman–Crippen LogP) is 2.97. The molecule has 1 saturated heterocycles. The van der Waals surface area contributed by atoms with Crippen molar-refractivity contribution in [1.29, 1.82) is 0 Å². The van der Waals surface area contributed by atoms with Gasteiger partial charge in [-0.25, -0.2) is 9.67 Å². The summed E-state index contributed by atoms with van der Waals surface area (Å²) in [6, 6.07) is 11.2. The number of hydrogen-bond donors (Lipinski definition) is 3. The highest BCUT2D eigenvalue weighted by Crippen LogP contribution is 2.26. The summed E-state index contributed by atoms with van der Waals surface area (Å²) in [7, 11) is 0. The van der Waals surface area contributed by atoms with Crippen LogP contribution in [0.25, 0.3) is 0 Å². The summed E-state index contributed by atoms with van der Waals surface area (Å²) in [5.74, 6) is 2.81. The van der Waals surface area contributed by atoms with E-state index in [-0.39, 0.29) is 35.6 Å². The Morgan fingerprint density at radius 3 is 2.76 bits per heavy atom. The van der Waals surface area contributed by atoms with Gasteiger partial charge in [-0.05, 0) is 45.6 Å². The van der Waals surface area contributed by atoms with Crippen molar-refractivity contribution in [2.24, 2.45) is 4.99 Å². The van der Waals surface area contributed by atoms with Crippen LogP contribution in [0.5, 0.6) is 0 Å². The van der Waals surface area contributed by atoms with Gasteiger partial charge in [-0.2, -0.15) is 5.10 Å². The molecule has 2 aliphatic heterocycles. The second kappa shape index (κ2) is 12.1. The van der Waals surface area contributed by atoms with Crippen molar-refractivity contribution in [2.45, 2.75) is 70.6 Å². The molecule has 0 radical (unpaired) electrons. The van der Waals surface area contributed by atoms with Crippen LogP contribution in [-0.4, -0.2) is 58.6 Å². The molecule has 8 nitrogen and oxygen atoms in total. The molecule has 0 saturated carbocycles. The molecule has 182 valence electrons. The number of rotatable bonds is 7. The van der Waals surface area contributed by atoms with Gasteiger partial charge in [0.25, 0.3) is 0 Å². The zero-order chi connectivity index (χ0) is 22.4. The summed E-state index contributed by atoms with van der Waals surface area (Å²) in [5, 5.41) is 15.5. The van der Waals surface area contributed by atoms with Gasteiger partial charge in [-0.3, -0.25) is 4.99 Å². The molecule has 0 aliphatic carbocycles. The number of nitrogens with zero attached hydrogens (tertiary/aromatic N) is 4. The Morgan fingerprint density at radius 2 is 2.03 bits per heavy atom. The quantitative estimate of drug-likeness (QED) is 0.271. The number of nitrogens with one attached hydrogen (secondary N) is 3. The molecule has 3 N–H and O–H groups in total. The molecular formula is C24H38IN7O. The van der Waals surface area contributed by atoms with E-state index in [1.165, 1.54) is 5.56 Å². The van der Waals surface area contributed by atoms with Gasteiger partial charge in [0.1, 0.15) is 11.6 Å². The molecule has 0 spiro atoms. The molecule has 0 bridgehead atoms. The van der Waals surface area contributed by atoms with Crippen LogP contribution < -0.4 is 16.0 Å². The number of benzene rings is 1. The maximum Gasteiger partial charge on any atom is 0.191 e. The lowest BCUT2D eigenvalue weighted by molar-refractivity contribution is 0.0374. The number of ether oxygens (including phenoxy) is 1. The SMILES string of the molecule is CCNC(=NCC1(NC(C)c2ccccc2)CCOCC1)NC1CCc2nc(C)nn2C1.I. The lowest BCUT2D eigenvalue weighted by atomic mass is 9.88. The molecule has 1 aromatic carbocycles. The fraction of sp³-hybridized carbons (Fsp3) is 0.625. The molecule has 3 heterocycles. The van der Waals surface area contributed by atoms with E-state index >= 15 is 0 Å². The Hall–Kier alpha value is -1.72. The summed E-state index contributed by atoms with van der Waals surface area (Å²) < 4.78 is 7.72. The van der Waals surface area contributed by atoms with Crippen LogP contribution in [0.15, 0.2) is 35.3 Å². The minimum absolute atomic E-state index is 0. The highest BCUT2D eigenvalue weighted by Gasteiger charge is 2.34. The number of guanidine groups is 1. The third kappa shape index (κ3) is 6.89. The molecule has 9 heteroatoms. The van der Waals surface area contributed by atoms with E-state index in [2.05, 4.69) is 70.2 Å². The third-order valence-electron chi connectivity index (χ3n) is 6.46. The third-order valence-corrected chi connectivity index (χ3v) is 6.46. The minimum Gasteiger partial charge on any atom is -0.381 e. The van der Waals surface area contributed by atoms with E-state index in [4.69, 9.17) is 9.73 Å². The zero-order valence-electron chi connectivity index (χ0n) is 20.0. The monoisotopic (exact) mass is 567 g/mol. The van der Waals surface area contributed by atoms with Crippen molar-refractivity contribution >= 4 is 29.9 Å². The number of aromatic nitrogens is 3. The Kier molecular flexibility index (Phi) is 9.51. The summed E-state index contributed by atoms with van der Waals surface area (Å²) in [6.45, 7) is 10.2. The second-order valence-corrected chi connectivity index (χ2v) is 9.00. The first-order valence-corrected chi connectivity index (χ1v) is 11.9. The van der Waals surface area contributed by atoms with Crippen LogP contribution in [-0.2, 0) is 17.7 Å². The molecule has 1 aromatic heterocycles. The summed E-state index contributed by atoms with van der Waals surface area (Å²) in [5.41, 5.74) is 1.23. The fourth-order valence-electron chi connectivity index (χ4n) is 4.69. The van der Waals surface area contributed by atoms with E-state index in [0.717, 1.165) is 69.6 Å². The molecule has 2 atom stereocenters. The van der Waals surface area contributed by atoms with Crippen LogP contribution in [0.2, 0.25) is 0 Å². The molecule has 2 aromatic rings. The van der Waals surface area contributed by atoms with Gasteiger partial charge in [-0.15, -0.1) is 24.0 Å². The second-order valence-electron chi connectivity index (χ2n) is 9.00. The van der Waals surface area contributed by atoms with Crippen molar-refractivity contribution in [3.05, 3.63) is 47.5 Å². The average molecular weight is 568 g/mol. The van der Waals surface area contributed by atoms with Crippen molar-refractivity contribution in [2.75, 3.05) is 26.3 Å². The van der Waals surface area contributed by atoms with Crippen molar-refractivity contribution in [3.63, 3.8) is 0 Å². The van der Waals surface area contributed by atoms with Gasteiger partial charge in [-0.1, -0.05) is 30.3 Å². The van der Waals surface area contributed by atoms with Crippen LogP contribution in [0, 0.1) is 6.92 Å². The lowest BCUT2D eigenvalue weighted by Crippen LogP contribution is -2.54. The summed E-state index contributed by atoms with van der Waals surface area (Å²) in [6.07, 6.45) is 3.89. The van der Waals surface area contributed by atoms with Gasteiger partial charge in [0.2, 0.25) is 0 Å². The largest absolute Gasteiger partial charge is 0.381 e. The van der Waals surface area contributed by atoms with Gasteiger partial charge < -0.3 is 20.7 Å². The van der Waals surface area contributed by atoms with Gasteiger partial charge in [0.05, 0.1) is 13.1 Å². The van der Waals surface area contributed by atoms with E-state index < -0.39 is 0 Å². The molecule has 0 amide bonds. The van der Waals surface area contributed by atoms with E-state index in [0.29, 0.717) is 12.6 Å². The Bertz CT molecular complexity index is 895. The smallest absolute Gasteiger partial charge is 0.191 e. The van der Waals surface area contributed by atoms with Gasteiger partial charge in [0, 0.05) is 43.8 Å². The Balaban J connectivity index is 0.00000306. The highest BCUT2D eigenvalue weighted by atomic mass is 127. The van der Waals surface area contributed by atoms with Gasteiger partial charge in [0.15, 0.2) is 5.96 Å². The van der Waals surface area contributed by atoms with Crippen LogP contribution >= 0.6 is 24.0 Å². The van der Waals surface area contributed by atoms with E-state index in [1.54, 1.807) is 0 Å². The first-order chi connectivity index (χ1) is 15.6. The fourth-order valence-corrected chi connectivity index (χ4v) is 4.69. The van der Waals surface area contributed by atoms with E-state index in [1.807, 2.05) is 11.6 Å². The molecule has 2 unspecified atom stereocenters. The topological polar surface area (TPSA) is 88.4 Å². The summed E-state index contributed by atoms with van der Waals surface area (Å²) in [4.78, 5) is 9.56. The molecule has 33 heavy (non-hydrogen) atoms. The first kappa shape index (κ1) is 25.9. The number of hydrogen-bond acceptors (Lipinski definition) is 5. The van der Waals surface area contributed by atoms with Gasteiger partial charge >= 0.3 is 0 Å². The van der Waals surface area contributed by atoms with Crippen LogP contribution in [0.3, 0.4) is 0 Å². The standard InChI is InChI=1S/C24H37N7O.HI/c1-4-25-23(28-21-10-11-22-27-19(3)30-31(22)16-21)26-17-24(12-14-32-15-13-24)29-18(2)20-8-6-5-7-9-20;/h5-9,18,21,29H,4,10-17H2,1-3H3,(H2,25,26,28);1H. The van der Waals surface area contributed by atoms with Crippen LogP contribution in [0.1, 0.15) is 56.4 Å². The first-order valence-electron chi connectivity index (χ1n) is 11.9. The van der Waals surface area contributed by atoms with Crippen molar-refractivity contribution in [3.8, 4) is 0 Å². The number of halogens is 1. The minimum atomic E-state index is -0.0708. The predicted molar refractivity (Wildman–Crippen MR) is 142 cm³/mol. The van der Waals surface area contributed by atoms with Crippen molar-refractivity contribution < 1.29 is 4.74 Å². The molecule has 1 fully saturated rings. The number of aliphatic imine (C=N–C) groups is 1. The normalized spacial score (nSPS) is 20.9. The molecule has 2 aliphatic rings. The summed E-state index contributed by atoms with van der Waals surface area (Å²) >= 11 is 0. The maximum absolute atomic E-state index is 5.69. The maximum atomic E-state index is 5.69. The zero-order valence-corrected chi connectivity index (χ0v) is 22.3. The lowest BCUT2D eigenvalue weighted by Gasteiger charge is -2.39. The highest BCUT2D eigenvalue weighted by molar-refractivity contribution is 14.0. The Labute approximate surface area is 214 Å². The molecule has 4 rings (SSSR count).